The van der Waals surface area contributed by atoms with E-state index in [1.807, 2.05) is 48.5 Å². The van der Waals surface area contributed by atoms with Crippen LogP contribution in [0.5, 0.6) is 5.75 Å². The summed E-state index contributed by atoms with van der Waals surface area (Å²) >= 11 is 4.93. The molecule has 0 saturated heterocycles. The average molecular weight is 515 g/mol. The van der Waals surface area contributed by atoms with E-state index < -0.39 is 0 Å². The summed E-state index contributed by atoms with van der Waals surface area (Å²) in [5.74, 6) is 0.935. The lowest BCUT2D eigenvalue weighted by atomic mass is 9.86. The molecule has 0 radical (unpaired) electrons. The maximum atomic E-state index is 13.4. The number of thioether (sulfide) groups is 1. The first-order valence-corrected chi connectivity index (χ1v) is 12.5. The number of fused-ring (bicyclic) bond motifs is 1. The van der Waals surface area contributed by atoms with Crippen LogP contribution in [-0.4, -0.2) is 31.5 Å². The van der Waals surface area contributed by atoms with Crippen LogP contribution in [0.1, 0.15) is 38.2 Å². The van der Waals surface area contributed by atoms with Crippen LogP contribution in [0.2, 0.25) is 0 Å². The van der Waals surface area contributed by atoms with Crippen molar-refractivity contribution in [3.63, 3.8) is 0 Å². The van der Waals surface area contributed by atoms with E-state index in [0.29, 0.717) is 10.8 Å². The summed E-state index contributed by atoms with van der Waals surface area (Å²) in [6.07, 6.45) is 6.36. The third kappa shape index (κ3) is 5.04. The van der Waals surface area contributed by atoms with Crippen molar-refractivity contribution in [3.05, 3.63) is 57.4 Å². The van der Waals surface area contributed by atoms with Crippen molar-refractivity contribution < 1.29 is 14.3 Å². The Bertz CT molecular complexity index is 1060. The van der Waals surface area contributed by atoms with Gasteiger partial charge in [-0.05, 0) is 70.6 Å². The third-order valence-corrected chi connectivity index (χ3v) is 7.76. The first-order chi connectivity index (χ1) is 15.5. The van der Waals surface area contributed by atoms with Crippen molar-refractivity contribution in [1.82, 2.24) is 5.32 Å². The Morgan fingerprint density at radius 2 is 2.03 bits per heavy atom. The zero-order valence-electron chi connectivity index (χ0n) is 18.3. The lowest BCUT2D eigenvalue weighted by Gasteiger charge is -2.32. The molecule has 1 aliphatic heterocycles. The fourth-order valence-electron chi connectivity index (χ4n) is 4.27. The summed E-state index contributed by atoms with van der Waals surface area (Å²) in [4.78, 5) is 29.5. The molecule has 0 unspecified atom stereocenters. The number of rotatable bonds is 5. The van der Waals surface area contributed by atoms with Crippen LogP contribution in [-0.2, 0) is 9.59 Å². The van der Waals surface area contributed by atoms with E-state index in [0.717, 1.165) is 45.6 Å². The number of nitrogens with one attached hydrogen (secondary N) is 1. The third-order valence-electron chi connectivity index (χ3n) is 6.07. The monoisotopic (exact) mass is 514 g/mol. The van der Waals surface area contributed by atoms with E-state index in [4.69, 9.17) is 4.74 Å². The SMILES string of the molecule is COc1ccc(/C=C2\Sc3ccccc3N(CC(=O)N[C@H]3CCCC[C@@H]3C)C2=O)cc1Br. The van der Waals surface area contributed by atoms with Crippen LogP contribution in [0, 0.1) is 5.92 Å². The van der Waals surface area contributed by atoms with Crippen LogP contribution in [0.15, 0.2) is 56.7 Å². The number of ether oxygens (including phenoxy) is 1. The second-order valence-corrected chi connectivity index (χ2v) is 10.2. The number of nitrogens with zero attached hydrogens (tertiary/aromatic N) is 1. The van der Waals surface area contributed by atoms with Gasteiger partial charge in [-0.3, -0.25) is 14.5 Å². The Kier molecular flexibility index (Phi) is 7.26. The van der Waals surface area contributed by atoms with Gasteiger partial charge in [-0.25, -0.2) is 0 Å². The van der Waals surface area contributed by atoms with Crippen molar-refractivity contribution >= 4 is 51.3 Å². The van der Waals surface area contributed by atoms with Crippen molar-refractivity contribution in [2.75, 3.05) is 18.6 Å². The molecule has 1 heterocycles. The Morgan fingerprint density at radius 1 is 1.25 bits per heavy atom. The van der Waals surface area contributed by atoms with E-state index >= 15 is 0 Å². The highest BCUT2D eigenvalue weighted by Gasteiger charge is 2.31. The van der Waals surface area contributed by atoms with Crippen LogP contribution < -0.4 is 15.0 Å². The topological polar surface area (TPSA) is 58.6 Å². The van der Waals surface area contributed by atoms with Crippen LogP contribution in [0.25, 0.3) is 6.08 Å². The van der Waals surface area contributed by atoms with Gasteiger partial charge in [-0.15, -0.1) is 0 Å². The van der Waals surface area contributed by atoms with Gasteiger partial charge < -0.3 is 10.1 Å². The molecule has 2 aromatic rings. The molecule has 2 aliphatic rings. The number of hydrogen-bond donors (Lipinski definition) is 1. The molecule has 1 fully saturated rings. The fraction of sp³-hybridized carbons (Fsp3) is 0.360. The lowest BCUT2D eigenvalue weighted by Crippen LogP contribution is -2.48. The summed E-state index contributed by atoms with van der Waals surface area (Å²) in [5.41, 5.74) is 1.66. The Hall–Kier alpha value is -2.25. The number of carbonyl (C=O) groups excluding carboxylic acids is 2. The highest BCUT2D eigenvalue weighted by Crippen LogP contribution is 2.42. The van der Waals surface area contributed by atoms with E-state index in [1.54, 1.807) is 12.0 Å². The predicted octanol–water partition coefficient (Wildman–Crippen LogP) is 5.63. The molecule has 4 rings (SSSR count). The molecule has 2 atom stereocenters. The molecular weight excluding hydrogens is 488 g/mol. The normalized spacial score (nSPS) is 21.9. The standard InChI is InChI=1S/C25H27BrN2O3S/c1-16-7-3-4-8-19(16)27-24(29)15-28-20-9-5-6-10-22(20)32-23(25(28)30)14-17-11-12-21(31-2)18(26)13-17/h5-6,9-14,16,19H,3-4,7-8,15H2,1-2H3,(H,27,29)/b23-14-/t16-,19-/m0/s1. The van der Waals surface area contributed by atoms with Crippen molar-refractivity contribution in [1.29, 1.82) is 0 Å². The number of amides is 2. The molecule has 1 saturated carbocycles. The summed E-state index contributed by atoms with van der Waals surface area (Å²) in [6.45, 7) is 2.21. The number of methoxy groups -OCH3 is 1. The second kappa shape index (κ2) is 10.1. The molecule has 0 aromatic heterocycles. The molecule has 7 heteroatoms. The van der Waals surface area contributed by atoms with Gasteiger partial charge in [-0.2, -0.15) is 0 Å². The largest absolute Gasteiger partial charge is 0.496 e. The maximum Gasteiger partial charge on any atom is 0.265 e. The van der Waals surface area contributed by atoms with Gasteiger partial charge >= 0.3 is 0 Å². The minimum absolute atomic E-state index is 0.0171. The van der Waals surface area contributed by atoms with Crippen LogP contribution >= 0.6 is 27.7 Å². The molecular formula is C25H27BrN2O3S. The van der Waals surface area contributed by atoms with E-state index in [2.05, 4.69) is 28.2 Å². The smallest absolute Gasteiger partial charge is 0.265 e. The minimum Gasteiger partial charge on any atom is -0.496 e. The quantitative estimate of drug-likeness (QED) is 0.525. The van der Waals surface area contributed by atoms with Gasteiger partial charge in [0.05, 0.1) is 22.2 Å². The van der Waals surface area contributed by atoms with Gasteiger partial charge in [0.2, 0.25) is 5.91 Å². The van der Waals surface area contributed by atoms with E-state index in [-0.39, 0.29) is 24.4 Å². The van der Waals surface area contributed by atoms with Gasteiger partial charge in [0.15, 0.2) is 0 Å². The van der Waals surface area contributed by atoms with E-state index in [1.165, 1.54) is 18.2 Å². The Labute approximate surface area is 201 Å². The summed E-state index contributed by atoms with van der Waals surface area (Å²) in [6, 6.07) is 13.6. The highest BCUT2D eigenvalue weighted by molar-refractivity contribution is 9.10. The first-order valence-electron chi connectivity index (χ1n) is 10.9. The van der Waals surface area contributed by atoms with Gasteiger partial charge in [0.25, 0.3) is 5.91 Å². The molecule has 1 aliphatic carbocycles. The molecule has 168 valence electrons. The molecule has 1 N–H and O–H groups in total. The van der Waals surface area contributed by atoms with Gasteiger partial charge in [-0.1, -0.05) is 49.7 Å². The molecule has 0 spiro atoms. The molecule has 2 aromatic carbocycles. The zero-order valence-corrected chi connectivity index (χ0v) is 20.7. The number of halogens is 1. The number of para-hydroxylation sites is 1. The first kappa shape index (κ1) is 22.9. The van der Waals surface area contributed by atoms with E-state index in [9.17, 15) is 9.59 Å². The number of carbonyl (C=O) groups is 2. The average Bonchev–Trinajstić information content (AvgIpc) is 2.78. The fourth-order valence-corrected chi connectivity index (χ4v) is 5.89. The van der Waals surface area contributed by atoms with Gasteiger partial charge in [0.1, 0.15) is 12.3 Å². The van der Waals surface area contributed by atoms with Crippen molar-refractivity contribution in [3.8, 4) is 5.75 Å². The number of anilines is 1. The van der Waals surface area contributed by atoms with Crippen LogP contribution in [0.4, 0.5) is 5.69 Å². The number of benzene rings is 2. The lowest BCUT2D eigenvalue weighted by molar-refractivity contribution is -0.123. The Morgan fingerprint density at radius 3 is 2.78 bits per heavy atom. The van der Waals surface area contributed by atoms with Crippen LogP contribution in [0.3, 0.4) is 0 Å². The molecule has 2 amide bonds. The second-order valence-electron chi connectivity index (χ2n) is 8.30. The van der Waals surface area contributed by atoms with Crippen molar-refractivity contribution in [2.24, 2.45) is 5.92 Å². The summed E-state index contributed by atoms with van der Waals surface area (Å²) in [7, 11) is 1.62. The van der Waals surface area contributed by atoms with Gasteiger partial charge in [0, 0.05) is 10.9 Å². The predicted molar refractivity (Wildman–Crippen MR) is 133 cm³/mol. The summed E-state index contributed by atoms with van der Waals surface area (Å²) < 4.78 is 6.12. The minimum atomic E-state index is -0.160. The summed E-state index contributed by atoms with van der Waals surface area (Å²) in [5, 5.41) is 3.17. The zero-order chi connectivity index (χ0) is 22.7. The number of hydrogen-bond acceptors (Lipinski definition) is 4. The molecule has 0 bridgehead atoms. The highest BCUT2D eigenvalue weighted by atomic mass is 79.9. The Balaban J connectivity index is 1.58. The molecule has 32 heavy (non-hydrogen) atoms. The maximum absolute atomic E-state index is 13.4. The molecule has 5 nitrogen and oxygen atoms in total. The van der Waals surface area contributed by atoms with Crippen molar-refractivity contribution in [2.45, 2.75) is 43.5 Å².